The molecule has 0 spiro atoms. The van der Waals surface area contributed by atoms with Crippen molar-refractivity contribution >= 4 is 18.0 Å². The number of aliphatic carboxylic acids is 1. The SMILES string of the molecule is CCC(=O)NC(=Cc1ccccc1)C(=O)O.CO. The smallest absolute Gasteiger partial charge is 0.352 e. The highest BCUT2D eigenvalue weighted by Gasteiger charge is 2.09. The van der Waals surface area contributed by atoms with Crippen molar-refractivity contribution in [3.63, 3.8) is 0 Å². The van der Waals surface area contributed by atoms with Crippen molar-refractivity contribution in [3.8, 4) is 0 Å². The molecule has 0 saturated heterocycles. The molecule has 0 aliphatic heterocycles. The molecule has 5 heteroatoms. The molecular formula is C13H17NO4. The summed E-state index contributed by atoms with van der Waals surface area (Å²) in [5.74, 6) is -1.46. The summed E-state index contributed by atoms with van der Waals surface area (Å²) >= 11 is 0. The molecule has 3 N–H and O–H groups in total. The minimum atomic E-state index is -1.15. The molecule has 0 aliphatic rings. The number of nitrogens with one attached hydrogen (secondary N) is 1. The summed E-state index contributed by atoms with van der Waals surface area (Å²) in [6.07, 6.45) is 1.68. The first-order valence-corrected chi connectivity index (χ1v) is 5.38. The van der Waals surface area contributed by atoms with Crippen molar-refractivity contribution in [2.45, 2.75) is 13.3 Å². The van der Waals surface area contributed by atoms with Gasteiger partial charge in [0, 0.05) is 13.5 Å². The van der Waals surface area contributed by atoms with Crippen molar-refractivity contribution < 1.29 is 19.8 Å². The van der Waals surface area contributed by atoms with Crippen LogP contribution < -0.4 is 5.32 Å². The lowest BCUT2D eigenvalue weighted by Crippen LogP contribution is -2.26. The number of carboxylic acids is 1. The van der Waals surface area contributed by atoms with Crippen LogP contribution in [0.2, 0.25) is 0 Å². The lowest BCUT2D eigenvalue weighted by atomic mass is 10.2. The largest absolute Gasteiger partial charge is 0.477 e. The van der Waals surface area contributed by atoms with Gasteiger partial charge in [-0.15, -0.1) is 0 Å². The number of rotatable bonds is 4. The van der Waals surface area contributed by atoms with Crippen LogP contribution in [0.4, 0.5) is 0 Å². The molecule has 0 fully saturated rings. The van der Waals surface area contributed by atoms with Crippen molar-refractivity contribution in [1.82, 2.24) is 5.32 Å². The Morgan fingerprint density at radius 1 is 1.22 bits per heavy atom. The molecule has 0 atom stereocenters. The van der Waals surface area contributed by atoms with Crippen LogP contribution in [-0.2, 0) is 9.59 Å². The first-order chi connectivity index (χ1) is 8.63. The number of hydrogen-bond donors (Lipinski definition) is 3. The zero-order chi connectivity index (χ0) is 14.0. The number of hydrogen-bond acceptors (Lipinski definition) is 3. The van der Waals surface area contributed by atoms with Crippen LogP contribution in [0.5, 0.6) is 0 Å². The molecule has 1 aromatic rings. The average molecular weight is 251 g/mol. The fourth-order valence-electron chi connectivity index (χ4n) is 1.11. The maximum atomic E-state index is 11.1. The van der Waals surface area contributed by atoms with E-state index in [2.05, 4.69) is 5.32 Å². The second kappa shape index (κ2) is 8.95. The Labute approximate surface area is 106 Å². The molecule has 5 nitrogen and oxygen atoms in total. The molecule has 1 aromatic carbocycles. The van der Waals surface area contributed by atoms with Gasteiger partial charge in [0.1, 0.15) is 5.70 Å². The van der Waals surface area contributed by atoms with Crippen molar-refractivity contribution in [2.75, 3.05) is 7.11 Å². The monoisotopic (exact) mass is 251 g/mol. The van der Waals surface area contributed by atoms with Crippen LogP contribution in [-0.4, -0.2) is 29.2 Å². The van der Waals surface area contributed by atoms with Gasteiger partial charge in [-0.1, -0.05) is 37.3 Å². The minimum absolute atomic E-state index is 0.113. The van der Waals surface area contributed by atoms with E-state index < -0.39 is 5.97 Å². The Hall–Kier alpha value is -2.14. The third-order valence-corrected chi connectivity index (χ3v) is 1.94. The number of amides is 1. The number of carboxylic acid groups (broad SMARTS) is 1. The summed E-state index contributed by atoms with van der Waals surface area (Å²) in [7, 11) is 1.00. The van der Waals surface area contributed by atoms with Gasteiger partial charge in [-0.05, 0) is 11.6 Å². The number of carbonyl (C=O) groups excluding carboxylic acids is 1. The van der Waals surface area contributed by atoms with Gasteiger partial charge in [-0.25, -0.2) is 4.79 Å². The normalized spacial score (nSPS) is 10.1. The van der Waals surface area contributed by atoms with Crippen LogP contribution in [0.3, 0.4) is 0 Å². The van der Waals surface area contributed by atoms with E-state index in [1.165, 1.54) is 6.08 Å². The summed E-state index contributed by atoms with van der Waals surface area (Å²) in [6, 6.07) is 8.96. The van der Waals surface area contributed by atoms with Crippen LogP contribution >= 0.6 is 0 Å². The van der Waals surface area contributed by atoms with Crippen LogP contribution in [0.1, 0.15) is 18.9 Å². The fourth-order valence-corrected chi connectivity index (χ4v) is 1.11. The van der Waals surface area contributed by atoms with Crippen LogP contribution in [0, 0.1) is 0 Å². The molecule has 0 unspecified atom stereocenters. The van der Waals surface area contributed by atoms with Crippen molar-refractivity contribution in [1.29, 1.82) is 0 Å². The number of carbonyl (C=O) groups is 2. The van der Waals surface area contributed by atoms with Crippen molar-refractivity contribution in [2.24, 2.45) is 0 Å². The van der Waals surface area contributed by atoms with Crippen LogP contribution in [0.25, 0.3) is 6.08 Å². The fraction of sp³-hybridized carbons (Fsp3) is 0.231. The summed E-state index contributed by atoms with van der Waals surface area (Å²) < 4.78 is 0. The maximum Gasteiger partial charge on any atom is 0.352 e. The Bertz CT molecular complexity index is 412. The van der Waals surface area contributed by atoms with E-state index in [4.69, 9.17) is 10.2 Å². The Morgan fingerprint density at radius 3 is 2.22 bits per heavy atom. The van der Waals surface area contributed by atoms with E-state index in [9.17, 15) is 9.59 Å². The molecule has 0 bridgehead atoms. The summed E-state index contributed by atoms with van der Waals surface area (Å²) in [5, 5.41) is 18.2. The second-order valence-corrected chi connectivity index (χ2v) is 3.18. The first kappa shape index (κ1) is 15.9. The Kier molecular flexibility index (Phi) is 7.89. The highest BCUT2D eigenvalue weighted by atomic mass is 16.4. The Balaban J connectivity index is 0.00000137. The number of aliphatic hydroxyl groups excluding tert-OH is 1. The topological polar surface area (TPSA) is 86.6 Å². The van der Waals surface area contributed by atoms with Gasteiger partial charge in [0.05, 0.1) is 0 Å². The zero-order valence-electron chi connectivity index (χ0n) is 10.4. The third kappa shape index (κ3) is 5.81. The van der Waals surface area contributed by atoms with Crippen LogP contribution in [0.15, 0.2) is 36.0 Å². The molecule has 0 aliphatic carbocycles. The van der Waals surface area contributed by atoms with Gasteiger partial charge in [-0.2, -0.15) is 0 Å². The predicted octanol–water partition coefficient (Wildman–Crippen LogP) is 1.25. The molecule has 0 radical (unpaired) electrons. The van der Waals surface area contributed by atoms with E-state index >= 15 is 0 Å². The standard InChI is InChI=1S/C12H13NO3.CH4O/c1-2-11(14)13-10(12(15)16)8-9-6-4-3-5-7-9;1-2/h3-8H,2H2,1H3,(H,13,14)(H,15,16);2H,1H3. The quantitative estimate of drug-likeness (QED) is 0.703. The molecule has 0 saturated carbocycles. The van der Waals surface area contributed by atoms with Crippen molar-refractivity contribution in [3.05, 3.63) is 41.6 Å². The van der Waals surface area contributed by atoms with E-state index in [0.717, 1.165) is 12.7 Å². The van der Waals surface area contributed by atoms with E-state index in [-0.39, 0.29) is 18.0 Å². The van der Waals surface area contributed by atoms with Gasteiger partial charge in [0.2, 0.25) is 5.91 Å². The van der Waals surface area contributed by atoms with Gasteiger partial charge in [0.15, 0.2) is 0 Å². The molecule has 1 amide bonds. The van der Waals surface area contributed by atoms with Gasteiger partial charge in [0.25, 0.3) is 0 Å². The molecule has 18 heavy (non-hydrogen) atoms. The molecule has 0 heterocycles. The molecule has 98 valence electrons. The number of benzene rings is 1. The number of aliphatic hydroxyl groups is 1. The average Bonchev–Trinajstić information content (AvgIpc) is 2.41. The van der Waals surface area contributed by atoms with Gasteiger partial charge in [-0.3, -0.25) is 4.79 Å². The second-order valence-electron chi connectivity index (χ2n) is 3.18. The van der Waals surface area contributed by atoms with E-state index in [0.29, 0.717) is 0 Å². The zero-order valence-corrected chi connectivity index (χ0v) is 10.4. The third-order valence-electron chi connectivity index (χ3n) is 1.94. The Morgan fingerprint density at radius 2 is 1.78 bits per heavy atom. The predicted molar refractivity (Wildman–Crippen MR) is 68.6 cm³/mol. The highest BCUT2D eigenvalue weighted by Crippen LogP contribution is 2.05. The lowest BCUT2D eigenvalue weighted by molar-refractivity contribution is -0.134. The maximum absolute atomic E-state index is 11.1. The van der Waals surface area contributed by atoms with E-state index in [1.54, 1.807) is 31.2 Å². The van der Waals surface area contributed by atoms with Gasteiger partial charge < -0.3 is 15.5 Å². The first-order valence-electron chi connectivity index (χ1n) is 5.38. The molecule has 1 rings (SSSR count). The summed E-state index contributed by atoms with van der Waals surface area (Å²) in [6.45, 7) is 1.66. The summed E-state index contributed by atoms with van der Waals surface area (Å²) in [4.78, 5) is 22.0. The molecular weight excluding hydrogens is 234 g/mol. The van der Waals surface area contributed by atoms with E-state index in [1.807, 2.05) is 6.07 Å². The lowest BCUT2D eigenvalue weighted by Gasteiger charge is -2.04. The minimum Gasteiger partial charge on any atom is -0.477 e. The highest BCUT2D eigenvalue weighted by molar-refractivity contribution is 5.96. The molecule has 0 aromatic heterocycles. The summed E-state index contributed by atoms with van der Waals surface area (Å²) in [5.41, 5.74) is 0.620. The van der Waals surface area contributed by atoms with Gasteiger partial charge >= 0.3 is 5.97 Å².